The van der Waals surface area contributed by atoms with E-state index in [0.717, 1.165) is 25.1 Å². The third-order valence-electron chi connectivity index (χ3n) is 6.00. The number of nitrogens with zero attached hydrogens (tertiary/aromatic N) is 3. The van der Waals surface area contributed by atoms with Crippen molar-refractivity contribution < 1.29 is 9.90 Å². The Bertz CT molecular complexity index is 953. The predicted octanol–water partition coefficient (Wildman–Crippen LogP) is 4.57. The number of amides is 1. The number of hydrogen-bond acceptors (Lipinski definition) is 4. The van der Waals surface area contributed by atoms with Gasteiger partial charge in [-0.25, -0.2) is 0 Å². The van der Waals surface area contributed by atoms with Crippen LogP contribution in [-0.2, 0) is 10.4 Å². The van der Waals surface area contributed by atoms with Crippen molar-refractivity contribution in [3.8, 4) is 6.07 Å². The van der Waals surface area contributed by atoms with Crippen LogP contribution in [0.1, 0.15) is 44.7 Å². The fourth-order valence-corrected chi connectivity index (χ4v) is 4.28. The summed E-state index contributed by atoms with van der Waals surface area (Å²) in [6, 6.07) is 16.8. The fourth-order valence-electron chi connectivity index (χ4n) is 4.07. The molecule has 0 saturated carbocycles. The summed E-state index contributed by atoms with van der Waals surface area (Å²) in [6.07, 6.45) is 1.82. The molecule has 1 saturated heterocycles. The summed E-state index contributed by atoms with van der Waals surface area (Å²) in [5.41, 5.74) is 0.450. The van der Waals surface area contributed by atoms with E-state index in [-0.39, 0.29) is 11.9 Å². The lowest BCUT2D eigenvalue weighted by Crippen LogP contribution is -2.46. The maximum absolute atomic E-state index is 13.2. The molecule has 1 aliphatic heterocycles. The molecule has 1 fully saturated rings. The zero-order valence-corrected chi connectivity index (χ0v) is 19.1. The van der Waals surface area contributed by atoms with Crippen LogP contribution in [0.15, 0.2) is 48.5 Å². The third kappa shape index (κ3) is 5.20. The number of anilines is 1. The van der Waals surface area contributed by atoms with Crippen LogP contribution in [0.3, 0.4) is 0 Å². The van der Waals surface area contributed by atoms with Gasteiger partial charge in [0.05, 0.1) is 10.6 Å². The van der Waals surface area contributed by atoms with Crippen LogP contribution in [0.25, 0.3) is 0 Å². The fraction of sp³-hybridized carbons (Fsp3) is 0.440. The molecule has 5 nitrogen and oxygen atoms in total. The molecule has 2 aromatic carbocycles. The van der Waals surface area contributed by atoms with Crippen LogP contribution in [0.5, 0.6) is 0 Å². The SMILES string of the molecule is CC(C)CCN(c1ccc(C#N)c(Cl)c1)[C@H]1CCN(C(=O)[C@@](C)(O)c2ccccc2)C1. The first kappa shape index (κ1) is 23.1. The molecule has 0 bridgehead atoms. The highest BCUT2D eigenvalue weighted by Gasteiger charge is 2.40. The highest BCUT2D eigenvalue weighted by atomic mass is 35.5. The topological polar surface area (TPSA) is 67.6 Å². The summed E-state index contributed by atoms with van der Waals surface area (Å²) in [5, 5.41) is 20.6. The molecule has 0 radical (unpaired) electrons. The first-order valence-corrected chi connectivity index (χ1v) is 11.2. The highest BCUT2D eigenvalue weighted by molar-refractivity contribution is 6.32. The molecule has 2 aromatic rings. The molecule has 0 aliphatic carbocycles. The average Bonchev–Trinajstić information content (AvgIpc) is 3.23. The van der Waals surface area contributed by atoms with Crippen LogP contribution in [-0.4, -0.2) is 41.6 Å². The Morgan fingerprint density at radius 2 is 2.03 bits per heavy atom. The predicted molar refractivity (Wildman–Crippen MR) is 124 cm³/mol. The molecule has 0 unspecified atom stereocenters. The van der Waals surface area contributed by atoms with Gasteiger partial charge >= 0.3 is 0 Å². The second-order valence-electron chi connectivity index (χ2n) is 8.78. The van der Waals surface area contributed by atoms with Gasteiger partial charge in [0.25, 0.3) is 5.91 Å². The van der Waals surface area contributed by atoms with Gasteiger partial charge in [-0.2, -0.15) is 5.26 Å². The maximum atomic E-state index is 13.2. The van der Waals surface area contributed by atoms with Gasteiger partial charge in [-0.1, -0.05) is 55.8 Å². The Morgan fingerprint density at radius 3 is 2.65 bits per heavy atom. The summed E-state index contributed by atoms with van der Waals surface area (Å²) in [4.78, 5) is 17.2. The molecule has 2 atom stereocenters. The third-order valence-corrected chi connectivity index (χ3v) is 6.31. The number of nitriles is 1. The van der Waals surface area contributed by atoms with E-state index in [4.69, 9.17) is 11.6 Å². The molecule has 1 N–H and O–H groups in total. The second-order valence-corrected chi connectivity index (χ2v) is 9.19. The molecule has 1 amide bonds. The van der Waals surface area contributed by atoms with Gasteiger partial charge < -0.3 is 14.9 Å². The zero-order valence-electron chi connectivity index (χ0n) is 18.4. The van der Waals surface area contributed by atoms with Crippen molar-refractivity contribution in [3.63, 3.8) is 0 Å². The molecule has 1 aliphatic rings. The number of hydrogen-bond donors (Lipinski definition) is 1. The van der Waals surface area contributed by atoms with Crippen molar-refractivity contribution in [2.24, 2.45) is 5.92 Å². The van der Waals surface area contributed by atoms with Gasteiger partial charge in [0.1, 0.15) is 6.07 Å². The van der Waals surface area contributed by atoms with Gasteiger partial charge in [0.2, 0.25) is 0 Å². The lowest BCUT2D eigenvalue weighted by atomic mass is 9.94. The van der Waals surface area contributed by atoms with Crippen molar-refractivity contribution in [1.29, 1.82) is 5.26 Å². The molecule has 31 heavy (non-hydrogen) atoms. The number of rotatable bonds is 7. The van der Waals surface area contributed by atoms with Gasteiger partial charge in [0, 0.05) is 31.4 Å². The minimum absolute atomic E-state index is 0.123. The standard InChI is InChI=1S/C25H30ClN3O2/c1-18(2)11-14-29(21-10-9-19(16-27)23(26)15-21)22-12-13-28(17-22)24(30)25(3,31)20-7-5-4-6-8-20/h4-10,15,18,22,31H,11-14,17H2,1-3H3/t22-,25-/m0/s1. The van der Waals surface area contributed by atoms with Gasteiger partial charge in [-0.05, 0) is 49.4 Å². The summed E-state index contributed by atoms with van der Waals surface area (Å²) < 4.78 is 0. The minimum Gasteiger partial charge on any atom is -0.376 e. The van der Waals surface area contributed by atoms with Gasteiger partial charge in [-0.3, -0.25) is 4.79 Å². The molecular weight excluding hydrogens is 410 g/mol. The van der Waals surface area contributed by atoms with Crippen LogP contribution < -0.4 is 4.90 Å². The Balaban J connectivity index is 1.80. The van der Waals surface area contributed by atoms with Gasteiger partial charge in [0.15, 0.2) is 5.60 Å². The minimum atomic E-state index is -1.56. The molecule has 1 heterocycles. The van der Waals surface area contributed by atoms with Crippen molar-refractivity contribution in [3.05, 3.63) is 64.7 Å². The molecule has 0 aromatic heterocycles. The Morgan fingerprint density at radius 1 is 1.32 bits per heavy atom. The zero-order chi connectivity index (χ0) is 22.6. The average molecular weight is 440 g/mol. The number of benzene rings is 2. The van der Waals surface area contributed by atoms with Crippen molar-refractivity contribution in [2.75, 3.05) is 24.5 Å². The monoisotopic (exact) mass is 439 g/mol. The van der Waals surface area contributed by atoms with Crippen molar-refractivity contribution in [1.82, 2.24) is 4.90 Å². The van der Waals surface area contributed by atoms with E-state index in [1.165, 1.54) is 0 Å². The number of halogens is 1. The quantitative estimate of drug-likeness (QED) is 0.686. The van der Waals surface area contributed by atoms with Crippen LogP contribution in [0.2, 0.25) is 5.02 Å². The molecule has 0 spiro atoms. The van der Waals surface area contributed by atoms with Crippen molar-refractivity contribution >= 4 is 23.2 Å². The lowest BCUT2D eigenvalue weighted by Gasteiger charge is -2.33. The molecule has 6 heteroatoms. The Labute approximate surface area is 189 Å². The number of aliphatic hydroxyl groups is 1. The second kappa shape index (κ2) is 9.72. The summed E-state index contributed by atoms with van der Waals surface area (Å²) in [7, 11) is 0. The Hall–Kier alpha value is -2.55. The Kier molecular flexibility index (Phi) is 7.25. The highest BCUT2D eigenvalue weighted by Crippen LogP contribution is 2.31. The largest absolute Gasteiger partial charge is 0.376 e. The molecule has 3 rings (SSSR count). The van der Waals surface area contributed by atoms with E-state index in [2.05, 4.69) is 24.8 Å². The lowest BCUT2D eigenvalue weighted by molar-refractivity contribution is -0.149. The van der Waals surface area contributed by atoms with E-state index < -0.39 is 5.60 Å². The maximum Gasteiger partial charge on any atom is 0.258 e. The van der Waals surface area contributed by atoms with E-state index in [1.54, 1.807) is 30.0 Å². The van der Waals surface area contributed by atoms with Crippen LogP contribution in [0, 0.1) is 17.2 Å². The summed E-state index contributed by atoms with van der Waals surface area (Å²) >= 11 is 6.30. The summed E-state index contributed by atoms with van der Waals surface area (Å²) in [5.74, 6) is 0.261. The smallest absolute Gasteiger partial charge is 0.258 e. The first-order chi connectivity index (χ1) is 14.7. The number of likely N-dealkylation sites (tertiary alicyclic amines) is 1. The normalized spacial score (nSPS) is 18.0. The van der Waals surface area contributed by atoms with Crippen molar-refractivity contribution in [2.45, 2.75) is 45.3 Å². The van der Waals surface area contributed by atoms with E-state index in [0.29, 0.717) is 35.2 Å². The van der Waals surface area contributed by atoms with E-state index in [1.807, 2.05) is 30.3 Å². The molecular formula is C25H30ClN3O2. The number of carbonyl (C=O) groups is 1. The van der Waals surface area contributed by atoms with E-state index >= 15 is 0 Å². The molecule has 164 valence electrons. The number of carbonyl (C=O) groups excluding carboxylic acids is 1. The van der Waals surface area contributed by atoms with E-state index in [9.17, 15) is 15.2 Å². The summed E-state index contributed by atoms with van der Waals surface area (Å²) in [6.45, 7) is 7.90. The van der Waals surface area contributed by atoms with Gasteiger partial charge in [-0.15, -0.1) is 0 Å². The van der Waals surface area contributed by atoms with Crippen LogP contribution in [0.4, 0.5) is 5.69 Å². The van der Waals surface area contributed by atoms with Crippen LogP contribution >= 0.6 is 11.6 Å². The first-order valence-electron chi connectivity index (χ1n) is 10.8.